The Morgan fingerprint density at radius 2 is 1.58 bits per heavy atom. The summed E-state index contributed by atoms with van der Waals surface area (Å²) in [5.41, 5.74) is 2.73. The highest BCUT2D eigenvalue weighted by Crippen LogP contribution is 2.25. The highest BCUT2D eigenvalue weighted by Gasteiger charge is 2.29. The molecule has 0 spiro atoms. The van der Waals surface area contributed by atoms with Gasteiger partial charge in [0.15, 0.2) is 6.04 Å². The van der Waals surface area contributed by atoms with E-state index >= 15 is 0 Å². The Morgan fingerprint density at radius 1 is 0.879 bits per heavy atom. The molecule has 3 aromatic carbocycles. The normalized spacial score (nSPS) is 11.9. The minimum atomic E-state index is -0.994. The molecular weight excluding hydrogens is 414 g/mol. The first-order chi connectivity index (χ1) is 16.2. The second-order valence-corrected chi connectivity index (χ2v) is 7.61. The quantitative estimate of drug-likeness (QED) is 0.424. The summed E-state index contributed by atoms with van der Waals surface area (Å²) >= 11 is 0. The summed E-state index contributed by atoms with van der Waals surface area (Å²) < 4.78 is 7.11. The molecule has 0 bridgehead atoms. The van der Waals surface area contributed by atoms with Gasteiger partial charge in [-0.15, -0.1) is 0 Å². The number of para-hydroxylation sites is 2. The number of hydrogen-bond acceptors (Lipinski definition) is 4. The van der Waals surface area contributed by atoms with Gasteiger partial charge in [-0.1, -0.05) is 72.8 Å². The molecule has 2 heterocycles. The summed E-state index contributed by atoms with van der Waals surface area (Å²) in [6.07, 6.45) is 1.50. The van der Waals surface area contributed by atoms with Crippen LogP contribution in [0.2, 0.25) is 0 Å². The highest BCUT2D eigenvalue weighted by atomic mass is 16.3. The zero-order valence-corrected chi connectivity index (χ0v) is 17.7. The fourth-order valence-corrected chi connectivity index (χ4v) is 3.90. The van der Waals surface area contributed by atoms with E-state index in [1.807, 2.05) is 78.9 Å². The Balaban J connectivity index is 1.67. The first-order valence-corrected chi connectivity index (χ1v) is 10.6. The number of aromatic nitrogens is 2. The van der Waals surface area contributed by atoms with Crippen molar-refractivity contribution in [3.63, 3.8) is 0 Å². The first kappa shape index (κ1) is 20.5. The number of carbonyl (C=O) groups is 1. The Bertz CT molecular complexity index is 1440. The Morgan fingerprint density at radius 3 is 2.30 bits per heavy atom. The number of fused-ring (bicyclic) bond motifs is 1. The number of nitrogens with one attached hydrogen (secondary N) is 1. The van der Waals surface area contributed by atoms with Gasteiger partial charge in [0, 0.05) is 12.1 Å². The zero-order valence-electron chi connectivity index (χ0n) is 17.7. The van der Waals surface area contributed by atoms with Crippen molar-refractivity contribution >= 4 is 16.9 Å². The number of benzene rings is 3. The van der Waals surface area contributed by atoms with E-state index in [9.17, 15) is 9.59 Å². The molecule has 5 rings (SSSR count). The van der Waals surface area contributed by atoms with Crippen molar-refractivity contribution in [2.75, 3.05) is 0 Å². The zero-order chi connectivity index (χ0) is 22.6. The number of amides is 1. The fourth-order valence-electron chi connectivity index (χ4n) is 3.90. The van der Waals surface area contributed by atoms with Crippen molar-refractivity contribution in [3.8, 4) is 11.3 Å². The molecule has 0 fully saturated rings. The number of rotatable bonds is 6. The second kappa shape index (κ2) is 8.96. The minimum Gasteiger partial charge on any atom is -0.467 e. The van der Waals surface area contributed by atoms with Crippen LogP contribution in [0.4, 0.5) is 0 Å². The van der Waals surface area contributed by atoms with Crippen LogP contribution in [0.25, 0.3) is 22.3 Å². The van der Waals surface area contributed by atoms with Crippen molar-refractivity contribution in [2.45, 2.75) is 12.6 Å². The lowest BCUT2D eigenvalue weighted by Crippen LogP contribution is -2.38. The Kier molecular flexibility index (Phi) is 5.55. The van der Waals surface area contributed by atoms with Gasteiger partial charge in [0.05, 0.1) is 17.3 Å². The molecule has 1 amide bonds. The van der Waals surface area contributed by atoms with Gasteiger partial charge in [0.1, 0.15) is 11.5 Å². The molecular formula is C27H21N3O3. The number of nitrogens with zero attached hydrogens (tertiary/aromatic N) is 2. The largest absolute Gasteiger partial charge is 0.467 e. The van der Waals surface area contributed by atoms with Crippen molar-refractivity contribution in [2.24, 2.45) is 0 Å². The van der Waals surface area contributed by atoms with E-state index in [-0.39, 0.29) is 17.2 Å². The van der Waals surface area contributed by atoms with Gasteiger partial charge >= 0.3 is 0 Å². The highest BCUT2D eigenvalue weighted by molar-refractivity contribution is 5.86. The van der Waals surface area contributed by atoms with Crippen LogP contribution in [0.1, 0.15) is 17.4 Å². The molecule has 0 saturated heterocycles. The number of furan rings is 1. The molecule has 1 atom stereocenters. The molecule has 1 N–H and O–H groups in total. The minimum absolute atomic E-state index is 0.279. The maximum atomic E-state index is 13.8. The van der Waals surface area contributed by atoms with Crippen molar-refractivity contribution in [1.29, 1.82) is 0 Å². The maximum absolute atomic E-state index is 13.8. The molecule has 0 aliphatic heterocycles. The van der Waals surface area contributed by atoms with Crippen LogP contribution in [0.3, 0.4) is 0 Å². The van der Waals surface area contributed by atoms with Crippen LogP contribution in [-0.4, -0.2) is 15.5 Å². The van der Waals surface area contributed by atoms with Crippen LogP contribution >= 0.6 is 0 Å². The summed E-state index contributed by atoms with van der Waals surface area (Å²) in [4.78, 5) is 31.9. The van der Waals surface area contributed by atoms with Crippen LogP contribution in [-0.2, 0) is 11.3 Å². The SMILES string of the molecule is O=C(NCc1ccccc1)C(c1ccco1)n1c(=O)c(-c2ccccc2)nc2ccccc21. The standard InChI is InChI=1S/C27H21N3O3/c31-26(28-18-19-10-3-1-4-11-19)25(23-16-9-17-33-23)30-22-15-8-7-14-21(22)29-24(27(30)32)20-12-5-2-6-13-20/h1-17,25H,18H2,(H,28,31). The van der Waals surface area contributed by atoms with Gasteiger partial charge < -0.3 is 9.73 Å². The van der Waals surface area contributed by atoms with Crippen LogP contribution < -0.4 is 10.9 Å². The summed E-state index contributed by atoms with van der Waals surface area (Å²) in [7, 11) is 0. The fraction of sp³-hybridized carbons (Fsp3) is 0.0741. The molecule has 0 aliphatic carbocycles. The average Bonchev–Trinajstić information content (AvgIpc) is 3.40. The van der Waals surface area contributed by atoms with E-state index in [1.54, 1.807) is 18.2 Å². The Hall–Kier alpha value is -4.45. The summed E-state index contributed by atoms with van der Waals surface area (Å²) in [6.45, 7) is 0.334. The van der Waals surface area contributed by atoms with Gasteiger partial charge in [0.2, 0.25) is 0 Å². The summed E-state index contributed by atoms with van der Waals surface area (Å²) in [5.74, 6) is 0.0318. The third-order valence-electron chi connectivity index (χ3n) is 5.47. The van der Waals surface area contributed by atoms with E-state index in [2.05, 4.69) is 10.3 Å². The van der Waals surface area contributed by atoms with Crippen molar-refractivity contribution in [3.05, 3.63) is 125 Å². The predicted octanol–water partition coefficient (Wildman–Crippen LogP) is 4.56. The lowest BCUT2D eigenvalue weighted by atomic mass is 10.1. The van der Waals surface area contributed by atoms with E-state index in [1.165, 1.54) is 10.8 Å². The molecule has 6 nitrogen and oxygen atoms in total. The topological polar surface area (TPSA) is 77.1 Å². The monoisotopic (exact) mass is 435 g/mol. The van der Waals surface area contributed by atoms with Gasteiger partial charge in [0.25, 0.3) is 11.5 Å². The summed E-state index contributed by atoms with van der Waals surface area (Å²) in [6, 6.07) is 28.6. The molecule has 5 aromatic rings. The molecule has 2 aromatic heterocycles. The number of hydrogen-bond donors (Lipinski definition) is 1. The molecule has 33 heavy (non-hydrogen) atoms. The smallest absolute Gasteiger partial charge is 0.278 e. The second-order valence-electron chi connectivity index (χ2n) is 7.61. The number of carbonyl (C=O) groups excluding carboxylic acids is 1. The molecule has 162 valence electrons. The first-order valence-electron chi connectivity index (χ1n) is 10.6. The molecule has 0 aliphatic rings. The molecule has 0 saturated carbocycles. The van der Waals surface area contributed by atoms with Gasteiger partial charge in [-0.05, 0) is 29.8 Å². The van der Waals surface area contributed by atoms with Crippen molar-refractivity contribution in [1.82, 2.24) is 14.9 Å². The third kappa shape index (κ3) is 4.06. The molecule has 6 heteroatoms. The van der Waals surface area contributed by atoms with E-state index in [0.29, 0.717) is 28.9 Å². The maximum Gasteiger partial charge on any atom is 0.278 e. The van der Waals surface area contributed by atoms with Gasteiger partial charge in [-0.3, -0.25) is 14.2 Å². The van der Waals surface area contributed by atoms with Gasteiger partial charge in [-0.25, -0.2) is 4.98 Å². The lowest BCUT2D eigenvalue weighted by Gasteiger charge is -2.21. The molecule has 1 unspecified atom stereocenters. The van der Waals surface area contributed by atoms with E-state index < -0.39 is 6.04 Å². The average molecular weight is 435 g/mol. The van der Waals surface area contributed by atoms with Crippen molar-refractivity contribution < 1.29 is 9.21 Å². The van der Waals surface area contributed by atoms with Gasteiger partial charge in [-0.2, -0.15) is 0 Å². The van der Waals surface area contributed by atoms with Crippen LogP contribution in [0, 0.1) is 0 Å². The van der Waals surface area contributed by atoms with Crippen LogP contribution in [0.5, 0.6) is 0 Å². The lowest BCUT2D eigenvalue weighted by molar-refractivity contribution is -0.123. The van der Waals surface area contributed by atoms with E-state index in [4.69, 9.17) is 4.42 Å². The van der Waals surface area contributed by atoms with E-state index in [0.717, 1.165) is 5.56 Å². The Labute approximate surface area is 190 Å². The van der Waals surface area contributed by atoms with Crippen LogP contribution in [0.15, 0.2) is 113 Å². The summed E-state index contributed by atoms with van der Waals surface area (Å²) in [5, 5.41) is 2.96. The third-order valence-corrected chi connectivity index (χ3v) is 5.47. The molecule has 0 radical (unpaired) electrons. The predicted molar refractivity (Wildman–Crippen MR) is 127 cm³/mol.